The van der Waals surface area contributed by atoms with E-state index in [-0.39, 0.29) is 5.78 Å². The molecule has 0 aliphatic heterocycles. The van der Waals surface area contributed by atoms with Crippen LogP contribution in [-0.2, 0) is 0 Å². The lowest BCUT2D eigenvalue weighted by Crippen LogP contribution is -2.05. The SMILES string of the molecule is Cc1[nH]c2cccc(C(C)CSc3ccccc3)c2c1C(=O)c1ccccc1. The molecule has 0 saturated carbocycles. The standard InChI is InChI=1S/C25H23NOS/c1-17(16-28-20-12-7-4-8-13-20)21-14-9-15-22-24(21)23(18(2)26-22)25(27)19-10-5-3-6-11-19/h3-15,17,26H,16H2,1-2H3. The Bertz CT molecular complexity index is 1100. The number of aromatic amines is 1. The topological polar surface area (TPSA) is 32.9 Å². The molecule has 2 nitrogen and oxygen atoms in total. The number of ketones is 1. The predicted octanol–water partition coefficient (Wildman–Crippen LogP) is 6.60. The maximum atomic E-state index is 13.3. The number of thioether (sulfide) groups is 1. The molecule has 0 spiro atoms. The van der Waals surface area contributed by atoms with E-state index < -0.39 is 0 Å². The average molecular weight is 386 g/mol. The molecule has 3 aromatic carbocycles. The Morgan fingerprint density at radius 1 is 0.929 bits per heavy atom. The lowest BCUT2D eigenvalue weighted by molar-refractivity contribution is 0.103. The molecule has 4 aromatic rings. The predicted molar refractivity (Wildman–Crippen MR) is 118 cm³/mol. The highest BCUT2D eigenvalue weighted by Gasteiger charge is 2.21. The molecule has 0 bridgehead atoms. The number of hydrogen-bond donors (Lipinski definition) is 1. The molecule has 1 atom stereocenters. The van der Waals surface area contributed by atoms with Gasteiger partial charge in [0.25, 0.3) is 0 Å². The Labute approximate surface area is 170 Å². The van der Waals surface area contributed by atoms with Crippen molar-refractivity contribution in [2.75, 3.05) is 5.75 Å². The van der Waals surface area contributed by atoms with Crippen molar-refractivity contribution in [2.24, 2.45) is 0 Å². The number of aromatic nitrogens is 1. The number of rotatable bonds is 6. The van der Waals surface area contributed by atoms with E-state index in [0.29, 0.717) is 5.92 Å². The summed E-state index contributed by atoms with van der Waals surface area (Å²) in [7, 11) is 0. The van der Waals surface area contributed by atoms with Crippen LogP contribution in [-0.4, -0.2) is 16.5 Å². The second-order valence-corrected chi connectivity index (χ2v) is 8.21. The molecule has 4 rings (SSSR count). The van der Waals surface area contributed by atoms with E-state index in [9.17, 15) is 4.79 Å². The van der Waals surface area contributed by atoms with E-state index in [1.165, 1.54) is 10.5 Å². The molecule has 0 fully saturated rings. The van der Waals surface area contributed by atoms with Crippen LogP contribution in [0.25, 0.3) is 10.9 Å². The van der Waals surface area contributed by atoms with Crippen LogP contribution in [0.2, 0.25) is 0 Å². The molecule has 3 heteroatoms. The van der Waals surface area contributed by atoms with Gasteiger partial charge in [-0.15, -0.1) is 11.8 Å². The van der Waals surface area contributed by atoms with Gasteiger partial charge in [0.1, 0.15) is 0 Å². The Hall–Kier alpha value is -2.78. The van der Waals surface area contributed by atoms with Gasteiger partial charge >= 0.3 is 0 Å². The first kappa shape index (κ1) is 18.6. The van der Waals surface area contributed by atoms with Gasteiger partial charge in [-0.1, -0.05) is 67.6 Å². The van der Waals surface area contributed by atoms with Crippen LogP contribution in [0.15, 0.2) is 83.8 Å². The number of fused-ring (bicyclic) bond motifs is 1. The van der Waals surface area contributed by atoms with Crippen molar-refractivity contribution in [1.82, 2.24) is 4.98 Å². The number of carbonyl (C=O) groups excluding carboxylic acids is 1. The Balaban J connectivity index is 1.72. The van der Waals surface area contributed by atoms with Crippen LogP contribution in [0.4, 0.5) is 0 Å². The fraction of sp³-hybridized carbons (Fsp3) is 0.160. The minimum absolute atomic E-state index is 0.0831. The zero-order valence-electron chi connectivity index (χ0n) is 16.1. The average Bonchev–Trinajstić information content (AvgIpc) is 3.08. The summed E-state index contributed by atoms with van der Waals surface area (Å²) in [5.41, 5.74) is 4.72. The molecular formula is C25H23NOS. The zero-order chi connectivity index (χ0) is 19.5. The van der Waals surface area contributed by atoms with Crippen molar-refractivity contribution in [1.29, 1.82) is 0 Å². The van der Waals surface area contributed by atoms with Gasteiger partial charge in [-0.25, -0.2) is 0 Å². The van der Waals surface area contributed by atoms with Gasteiger partial charge in [-0.3, -0.25) is 4.79 Å². The Kier molecular flexibility index (Phi) is 5.36. The molecule has 0 amide bonds. The summed E-state index contributed by atoms with van der Waals surface area (Å²) in [5, 5.41) is 1.06. The van der Waals surface area contributed by atoms with Crippen LogP contribution >= 0.6 is 11.8 Å². The summed E-state index contributed by atoms with van der Waals surface area (Å²) < 4.78 is 0. The molecule has 0 aliphatic rings. The minimum atomic E-state index is 0.0831. The van der Waals surface area contributed by atoms with Crippen molar-refractivity contribution in [3.8, 4) is 0 Å². The summed E-state index contributed by atoms with van der Waals surface area (Å²) in [6.45, 7) is 4.23. The van der Waals surface area contributed by atoms with E-state index in [4.69, 9.17) is 0 Å². The molecule has 0 aliphatic carbocycles. The van der Waals surface area contributed by atoms with Crippen molar-refractivity contribution in [3.63, 3.8) is 0 Å². The van der Waals surface area contributed by atoms with Crippen molar-refractivity contribution < 1.29 is 4.79 Å². The van der Waals surface area contributed by atoms with Crippen LogP contribution in [0.1, 0.15) is 40.0 Å². The number of aryl methyl sites for hydroxylation is 1. The summed E-state index contributed by atoms with van der Waals surface area (Å²) in [6, 6.07) is 26.3. The van der Waals surface area contributed by atoms with E-state index in [2.05, 4.69) is 54.4 Å². The largest absolute Gasteiger partial charge is 0.358 e. The third-order valence-electron chi connectivity index (χ3n) is 5.08. The van der Waals surface area contributed by atoms with E-state index in [1.807, 2.05) is 55.1 Å². The first-order chi connectivity index (χ1) is 13.6. The van der Waals surface area contributed by atoms with Crippen molar-refractivity contribution >= 4 is 28.4 Å². The van der Waals surface area contributed by atoms with Gasteiger partial charge in [-0.2, -0.15) is 0 Å². The molecule has 1 heterocycles. The molecule has 0 saturated heterocycles. The second-order valence-electron chi connectivity index (χ2n) is 7.12. The third kappa shape index (κ3) is 3.63. The number of hydrogen-bond acceptors (Lipinski definition) is 2. The minimum Gasteiger partial charge on any atom is -0.358 e. The highest BCUT2D eigenvalue weighted by atomic mass is 32.2. The molecule has 1 aromatic heterocycles. The number of carbonyl (C=O) groups is 1. The van der Waals surface area contributed by atoms with Gasteiger partial charge in [0.15, 0.2) is 5.78 Å². The first-order valence-electron chi connectivity index (χ1n) is 9.54. The molecule has 1 N–H and O–H groups in total. The molecule has 140 valence electrons. The molecule has 28 heavy (non-hydrogen) atoms. The molecule has 0 radical (unpaired) electrons. The quantitative estimate of drug-likeness (QED) is 0.299. The van der Waals surface area contributed by atoms with Gasteiger partial charge in [-0.05, 0) is 36.6 Å². The van der Waals surface area contributed by atoms with Crippen LogP contribution in [0, 0.1) is 6.92 Å². The highest BCUT2D eigenvalue weighted by Crippen LogP contribution is 2.34. The van der Waals surface area contributed by atoms with Crippen molar-refractivity contribution in [3.05, 3.63) is 101 Å². The van der Waals surface area contributed by atoms with Crippen LogP contribution < -0.4 is 0 Å². The summed E-state index contributed by atoms with van der Waals surface area (Å²) in [4.78, 5) is 18.0. The smallest absolute Gasteiger partial charge is 0.195 e. The summed E-state index contributed by atoms with van der Waals surface area (Å²) >= 11 is 1.85. The van der Waals surface area contributed by atoms with Crippen molar-refractivity contribution in [2.45, 2.75) is 24.7 Å². The molecular weight excluding hydrogens is 362 g/mol. The maximum absolute atomic E-state index is 13.3. The Morgan fingerprint density at radius 2 is 1.61 bits per heavy atom. The second kappa shape index (κ2) is 8.07. The maximum Gasteiger partial charge on any atom is 0.195 e. The van der Waals surface area contributed by atoms with E-state index in [0.717, 1.165) is 33.5 Å². The molecule has 1 unspecified atom stereocenters. The first-order valence-corrected chi connectivity index (χ1v) is 10.5. The highest BCUT2D eigenvalue weighted by molar-refractivity contribution is 7.99. The van der Waals surface area contributed by atoms with E-state index >= 15 is 0 Å². The fourth-order valence-electron chi connectivity index (χ4n) is 3.66. The van der Waals surface area contributed by atoms with E-state index in [1.54, 1.807) is 0 Å². The number of nitrogens with one attached hydrogen (secondary N) is 1. The normalized spacial score (nSPS) is 12.2. The Morgan fingerprint density at radius 3 is 2.32 bits per heavy atom. The monoisotopic (exact) mass is 385 g/mol. The lowest BCUT2D eigenvalue weighted by Gasteiger charge is -2.14. The van der Waals surface area contributed by atoms with Crippen LogP contribution in [0.3, 0.4) is 0 Å². The van der Waals surface area contributed by atoms with Gasteiger partial charge in [0.05, 0.1) is 5.56 Å². The van der Waals surface area contributed by atoms with Gasteiger partial charge < -0.3 is 4.98 Å². The fourth-order valence-corrected chi connectivity index (χ4v) is 4.63. The third-order valence-corrected chi connectivity index (χ3v) is 6.35. The van der Waals surface area contributed by atoms with Gasteiger partial charge in [0, 0.05) is 32.8 Å². The lowest BCUT2D eigenvalue weighted by atomic mass is 9.93. The zero-order valence-corrected chi connectivity index (χ0v) is 16.9. The van der Waals surface area contributed by atoms with Crippen LogP contribution in [0.5, 0.6) is 0 Å². The number of H-pyrrole nitrogens is 1. The van der Waals surface area contributed by atoms with Gasteiger partial charge in [0.2, 0.25) is 0 Å². The number of benzene rings is 3. The summed E-state index contributed by atoms with van der Waals surface area (Å²) in [5.74, 6) is 1.37. The summed E-state index contributed by atoms with van der Waals surface area (Å²) in [6.07, 6.45) is 0.